The van der Waals surface area contributed by atoms with Crippen molar-refractivity contribution in [3.63, 3.8) is 0 Å². The van der Waals surface area contributed by atoms with Gasteiger partial charge < -0.3 is 10.1 Å². The molecule has 1 atom stereocenters. The predicted molar refractivity (Wildman–Crippen MR) is 76.3 cm³/mol. The molecule has 2 heterocycles. The average molecular weight is 347 g/mol. The first-order valence-corrected chi connectivity index (χ1v) is 7.08. The third kappa shape index (κ3) is 2.70. The Morgan fingerprint density at radius 3 is 2.71 bits per heavy atom. The van der Waals surface area contributed by atoms with Crippen LogP contribution in [0.2, 0.25) is 0 Å². The Kier molecular flexibility index (Phi) is 4.19. The van der Waals surface area contributed by atoms with Gasteiger partial charge in [0.25, 0.3) is 0 Å². The molecule has 0 bridgehead atoms. The Bertz CT molecular complexity index is 403. The highest BCUT2D eigenvalue weighted by Crippen LogP contribution is 2.31. The number of nitrogens with one attached hydrogen (secondary N) is 1. The Morgan fingerprint density at radius 2 is 2.18 bits per heavy atom. The zero-order valence-electron chi connectivity index (χ0n) is 10.5. The van der Waals surface area contributed by atoms with Crippen molar-refractivity contribution in [3.8, 4) is 0 Å². The van der Waals surface area contributed by atoms with Gasteiger partial charge in [-0.2, -0.15) is 0 Å². The first-order chi connectivity index (χ1) is 8.13. The summed E-state index contributed by atoms with van der Waals surface area (Å²) in [5.41, 5.74) is 1.11. The lowest BCUT2D eigenvalue weighted by molar-refractivity contribution is 0.105. The highest BCUT2D eigenvalue weighted by atomic mass is 127. The monoisotopic (exact) mass is 347 g/mol. The number of ether oxygens (including phenoxy) is 1. The summed E-state index contributed by atoms with van der Waals surface area (Å²) in [6, 6.07) is 0. The van der Waals surface area contributed by atoms with Gasteiger partial charge in [0.1, 0.15) is 11.9 Å². The van der Waals surface area contributed by atoms with E-state index in [0.717, 1.165) is 40.4 Å². The molecule has 1 N–H and O–H groups in total. The van der Waals surface area contributed by atoms with Crippen LogP contribution in [0.4, 0.5) is 5.82 Å². The third-order valence-corrected chi connectivity index (χ3v) is 3.96. The van der Waals surface area contributed by atoms with E-state index in [1.807, 2.05) is 7.05 Å². The maximum atomic E-state index is 5.66. The topological polar surface area (TPSA) is 47.0 Å². The predicted octanol–water partition coefficient (Wildman–Crippen LogP) is 3.10. The zero-order chi connectivity index (χ0) is 12.4. The van der Waals surface area contributed by atoms with Crippen LogP contribution in [0.25, 0.3) is 0 Å². The van der Waals surface area contributed by atoms with Crippen molar-refractivity contribution in [2.24, 2.45) is 0 Å². The molecule has 1 unspecified atom stereocenters. The van der Waals surface area contributed by atoms with Gasteiger partial charge in [0, 0.05) is 13.7 Å². The van der Waals surface area contributed by atoms with E-state index < -0.39 is 0 Å². The molecule has 17 heavy (non-hydrogen) atoms. The maximum Gasteiger partial charge on any atom is 0.159 e. The second-order valence-electron chi connectivity index (χ2n) is 4.54. The van der Waals surface area contributed by atoms with Crippen LogP contribution in [-0.4, -0.2) is 23.6 Å². The van der Waals surface area contributed by atoms with E-state index in [1.54, 1.807) is 0 Å². The molecule has 1 aliphatic heterocycles. The number of nitrogens with zero attached hydrogens (tertiary/aromatic N) is 2. The molecule has 0 spiro atoms. The van der Waals surface area contributed by atoms with Crippen molar-refractivity contribution in [1.29, 1.82) is 0 Å². The summed E-state index contributed by atoms with van der Waals surface area (Å²) in [4.78, 5) is 9.24. The second kappa shape index (κ2) is 5.48. The molecule has 2 rings (SSSR count). The van der Waals surface area contributed by atoms with Crippen molar-refractivity contribution in [2.75, 3.05) is 19.0 Å². The van der Waals surface area contributed by atoms with Gasteiger partial charge in [-0.1, -0.05) is 13.8 Å². The molecular weight excluding hydrogens is 329 g/mol. The van der Waals surface area contributed by atoms with Gasteiger partial charge in [-0.05, 0) is 41.4 Å². The quantitative estimate of drug-likeness (QED) is 0.854. The van der Waals surface area contributed by atoms with Crippen LogP contribution >= 0.6 is 22.6 Å². The van der Waals surface area contributed by atoms with Crippen molar-refractivity contribution in [3.05, 3.63) is 15.1 Å². The summed E-state index contributed by atoms with van der Waals surface area (Å²) >= 11 is 2.31. The molecular formula is C12H18IN3O. The first-order valence-electron chi connectivity index (χ1n) is 6.00. The highest BCUT2D eigenvalue weighted by Gasteiger charge is 2.23. The van der Waals surface area contributed by atoms with E-state index in [0.29, 0.717) is 5.92 Å². The van der Waals surface area contributed by atoms with Gasteiger partial charge in [0.05, 0.1) is 9.26 Å². The van der Waals surface area contributed by atoms with Gasteiger partial charge in [-0.3, -0.25) is 0 Å². The van der Waals surface area contributed by atoms with E-state index in [1.165, 1.54) is 0 Å². The maximum absolute atomic E-state index is 5.66. The molecule has 5 heteroatoms. The smallest absolute Gasteiger partial charge is 0.159 e. The van der Waals surface area contributed by atoms with E-state index in [4.69, 9.17) is 4.74 Å². The first kappa shape index (κ1) is 13.0. The standard InChI is InChI=1S/C12H18IN3O/c1-7(2)10-9(13)12(14-3)16-11(15-10)8-5-4-6-17-8/h7-8H,4-6H2,1-3H3,(H,14,15,16). The van der Waals surface area contributed by atoms with Crippen molar-refractivity contribution >= 4 is 28.4 Å². The van der Waals surface area contributed by atoms with E-state index >= 15 is 0 Å². The summed E-state index contributed by atoms with van der Waals surface area (Å²) in [7, 11) is 1.90. The number of rotatable bonds is 3. The van der Waals surface area contributed by atoms with Crippen molar-refractivity contribution < 1.29 is 4.74 Å². The van der Waals surface area contributed by atoms with E-state index in [2.05, 4.69) is 51.7 Å². The molecule has 1 aromatic heterocycles. The molecule has 0 aliphatic carbocycles. The number of halogens is 1. The zero-order valence-corrected chi connectivity index (χ0v) is 12.6. The Labute approximate surface area is 116 Å². The molecule has 1 fully saturated rings. The highest BCUT2D eigenvalue weighted by molar-refractivity contribution is 14.1. The molecule has 4 nitrogen and oxygen atoms in total. The number of anilines is 1. The molecule has 0 radical (unpaired) electrons. The third-order valence-electron chi connectivity index (χ3n) is 2.90. The normalized spacial score (nSPS) is 19.9. The fourth-order valence-electron chi connectivity index (χ4n) is 1.96. The largest absolute Gasteiger partial charge is 0.372 e. The molecule has 1 aliphatic rings. The summed E-state index contributed by atoms with van der Waals surface area (Å²) < 4.78 is 6.77. The minimum atomic E-state index is 0.0802. The summed E-state index contributed by atoms with van der Waals surface area (Å²) in [6.07, 6.45) is 2.21. The summed E-state index contributed by atoms with van der Waals surface area (Å²) in [5.74, 6) is 2.14. The average Bonchev–Trinajstić information content (AvgIpc) is 2.82. The van der Waals surface area contributed by atoms with Crippen LogP contribution in [0.3, 0.4) is 0 Å². The van der Waals surface area contributed by atoms with Crippen LogP contribution < -0.4 is 5.32 Å². The van der Waals surface area contributed by atoms with Crippen LogP contribution in [-0.2, 0) is 4.74 Å². The Balaban J connectivity index is 2.42. The lowest BCUT2D eigenvalue weighted by atomic mass is 10.1. The number of hydrogen-bond donors (Lipinski definition) is 1. The minimum absolute atomic E-state index is 0.0802. The molecule has 1 saturated heterocycles. The fourth-order valence-corrected chi connectivity index (χ4v) is 3.09. The van der Waals surface area contributed by atoms with Crippen LogP contribution in [0.5, 0.6) is 0 Å². The Morgan fingerprint density at radius 1 is 1.41 bits per heavy atom. The SMILES string of the molecule is CNc1nc(C2CCCO2)nc(C(C)C)c1I. The number of aromatic nitrogens is 2. The molecule has 0 saturated carbocycles. The van der Waals surface area contributed by atoms with Gasteiger partial charge >= 0.3 is 0 Å². The van der Waals surface area contributed by atoms with E-state index in [9.17, 15) is 0 Å². The lowest BCUT2D eigenvalue weighted by Crippen LogP contribution is -2.11. The fraction of sp³-hybridized carbons (Fsp3) is 0.667. The van der Waals surface area contributed by atoms with Gasteiger partial charge in [0.2, 0.25) is 0 Å². The van der Waals surface area contributed by atoms with E-state index in [-0.39, 0.29) is 6.10 Å². The minimum Gasteiger partial charge on any atom is -0.372 e. The van der Waals surface area contributed by atoms with Crippen molar-refractivity contribution in [2.45, 2.75) is 38.7 Å². The number of hydrogen-bond acceptors (Lipinski definition) is 4. The molecule has 94 valence electrons. The second-order valence-corrected chi connectivity index (χ2v) is 5.61. The summed E-state index contributed by atoms with van der Waals surface area (Å²) in [5, 5.41) is 3.14. The molecule has 0 amide bonds. The summed E-state index contributed by atoms with van der Waals surface area (Å²) in [6.45, 7) is 5.14. The van der Waals surface area contributed by atoms with Crippen molar-refractivity contribution in [1.82, 2.24) is 9.97 Å². The van der Waals surface area contributed by atoms with Gasteiger partial charge in [0.15, 0.2) is 5.82 Å². The molecule has 1 aromatic rings. The van der Waals surface area contributed by atoms with Crippen LogP contribution in [0.1, 0.15) is 50.2 Å². The van der Waals surface area contributed by atoms with Crippen LogP contribution in [0.15, 0.2) is 0 Å². The lowest BCUT2D eigenvalue weighted by Gasteiger charge is -2.16. The molecule has 0 aromatic carbocycles. The van der Waals surface area contributed by atoms with Gasteiger partial charge in [-0.15, -0.1) is 0 Å². The Hall–Kier alpha value is -0.430. The van der Waals surface area contributed by atoms with Crippen LogP contribution in [0, 0.1) is 3.57 Å². The van der Waals surface area contributed by atoms with Gasteiger partial charge in [-0.25, -0.2) is 9.97 Å².